The van der Waals surface area contributed by atoms with Crippen LogP contribution in [0.25, 0.3) is 10.8 Å². The predicted octanol–water partition coefficient (Wildman–Crippen LogP) is 4.49. The second-order valence-corrected chi connectivity index (χ2v) is 17.5. The molecule has 2 atom stereocenters. The SMILES string of the molecule is CC(C)(C)OC(=O)N[C@@H](C(=O)N1CC[C@H](OC2CCN(CC(=O)N3CCN(C(=O)c4cc(Cc5n[nH]c(=O)c6ccccc56)ccc4F)CC3)CC2)C1)C1CCCCC1. The summed E-state index contributed by atoms with van der Waals surface area (Å²) in [7, 11) is 0. The van der Waals surface area contributed by atoms with Crippen LogP contribution < -0.4 is 10.9 Å². The number of H-pyrrole nitrogens is 1. The van der Waals surface area contributed by atoms with Crippen LogP contribution >= 0.6 is 0 Å². The van der Waals surface area contributed by atoms with E-state index in [0.29, 0.717) is 80.8 Å². The third kappa shape index (κ3) is 10.7. The number of carbonyl (C=O) groups excluding carboxylic acids is 4. The van der Waals surface area contributed by atoms with Crippen LogP contribution in [-0.2, 0) is 25.5 Å². The maximum atomic E-state index is 15.0. The molecule has 318 valence electrons. The molecule has 0 unspecified atom stereocenters. The van der Waals surface area contributed by atoms with Gasteiger partial charge in [-0.1, -0.05) is 43.5 Å². The van der Waals surface area contributed by atoms with Crippen LogP contribution in [-0.4, -0.2) is 136 Å². The van der Waals surface area contributed by atoms with Gasteiger partial charge in [0.25, 0.3) is 11.5 Å². The molecule has 2 aromatic carbocycles. The Labute approximate surface area is 344 Å². The van der Waals surface area contributed by atoms with E-state index in [2.05, 4.69) is 20.4 Å². The first-order valence-electron chi connectivity index (χ1n) is 21.3. The van der Waals surface area contributed by atoms with Crippen molar-refractivity contribution in [3.8, 4) is 0 Å². The summed E-state index contributed by atoms with van der Waals surface area (Å²) >= 11 is 0. The minimum absolute atomic E-state index is 0.00253. The number of fused-ring (bicyclic) bond motifs is 1. The summed E-state index contributed by atoms with van der Waals surface area (Å²) in [5.74, 6) is -0.994. The number of alkyl carbamates (subject to hydrolysis) is 1. The monoisotopic (exact) mass is 815 g/mol. The van der Waals surface area contributed by atoms with Gasteiger partial charge in [-0.2, -0.15) is 5.10 Å². The molecule has 4 heterocycles. The molecule has 3 saturated heterocycles. The van der Waals surface area contributed by atoms with E-state index < -0.39 is 29.5 Å². The van der Waals surface area contributed by atoms with Gasteiger partial charge in [0.2, 0.25) is 11.8 Å². The van der Waals surface area contributed by atoms with E-state index in [9.17, 15) is 24.0 Å². The molecule has 0 bridgehead atoms. The summed E-state index contributed by atoms with van der Waals surface area (Å²) in [4.78, 5) is 73.0. The molecule has 4 amide bonds. The van der Waals surface area contributed by atoms with Crippen molar-refractivity contribution in [3.05, 3.63) is 75.5 Å². The Morgan fingerprint density at radius 2 is 1.53 bits per heavy atom. The van der Waals surface area contributed by atoms with E-state index >= 15 is 4.39 Å². The number of nitrogens with one attached hydrogen (secondary N) is 2. The zero-order valence-corrected chi connectivity index (χ0v) is 34.6. The highest BCUT2D eigenvalue weighted by atomic mass is 19.1. The fourth-order valence-electron chi connectivity index (χ4n) is 8.96. The fraction of sp³-hybridized carbons (Fsp3) is 0.591. The zero-order valence-electron chi connectivity index (χ0n) is 34.6. The third-order valence-electron chi connectivity index (χ3n) is 12.1. The van der Waals surface area contributed by atoms with E-state index in [-0.39, 0.29) is 47.6 Å². The first kappa shape index (κ1) is 42.2. The Bertz CT molecular complexity index is 2050. The molecular weight excluding hydrogens is 758 g/mol. The lowest BCUT2D eigenvalue weighted by molar-refractivity contribution is -0.135. The van der Waals surface area contributed by atoms with Crippen LogP contribution in [0.4, 0.5) is 9.18 Å². The standard InChI is InChI=1S/C44H58FN7O7/c1-44(2,3)59-43(57)46-39(30-9-5-4-6-10-30)42(56)52-20-17-32(27-52)58-31-15-18-49(19-16-31)28-38(53)50-21-23-51(24-22-50)41(55)35-25-29(13-14-36(35)45)26-37-33-11-7-8-12-34(33)40(54)48-47-37/h7-8,11-14,25,30-32,39H,4-6,9-10,15-24,26-28H2,1-3H3,(H,46,57)(H,48,54)/t32-,39+/m0/s1. The van der Waals surface area contributed by atoms with Crippen molar-refractivity contribution in [3.63, 3.8) is 0 Å². The van der Waals surface area contributed by atoms with Crippen LogP contribution in [0.5, 0.6) is 0 Å². The number of hydrogen-bond donors (Lipinski definition) is 2. The van der Waals surface area contributed by atoms with Crippen molar-refractivity contribution in [2.45, 2.75) is 102 Å². The van der Waals surface area contributed by atoms with Gasteiger partial charge in [-0.15, -0.1) is 0 Å². The zero-order chi connectivity index (χ0) is 41.7. The molecule has 59 heavy (non-hydrogen) atoms. The van der Waals surface area contributed by atoms with Crippen molar-refractivity contribution >= 4 is 34.6 Å². The maximum Gasteiger partial charge on any atom is 0.408 e. The molecule has 1 aliphatic carbocycles. The Balaban J connectivity index is 0.843. The van der Waals surface area contributed by atoms with Gasteiger partial charge >= 0.3 is 6.09 Å². The lowest BCUT2D eigenvalue weighted by Gasteiger charge is -2.37. The molecular formula is C44H58FN7O7. The van der Waals surface area contributed by atoms with Gasteiger partial charge in [-0.05, 0) is 82.6 Å². The third-order valence-corrected chi connectivity index (χ3v) is 12.1. The van der Waals surface area contributed by atoms with E-state index in [1.165, 1.54) is 6.07 Å². The summed E-state index contributed by atoms with van der Waals surface area (Å²) in [6.07, 6.45) is 7.09. The van der Waals surface area contributed by atoms with E-state index in [1.54, 1.807) is 34.1 Å². The van der Waals surface area contributed by atoms with Crippen molar-refractivity contribution in [1.29, 1.82) is 0 Å². The number of ether oxygens (including phenoxy) is 2. The van der Waals surface area contributed by atoms with E-state index in [0.717, 1.165) is 51.4 Å². The highest BCUT2D eigenvalue weighted by molar-refractivity contribution is 5.95. The summed E-state index contributed by atoms with van der Waals surface area (Å²) in [5, 5.41) is 10.9. The number of hydrogen-bond acceptors (Lipinski definition) is 9. The van der Waals surface area contributed by atoms with Crippen LogP contribution in [0.1, 0.15) is 93.8 Å². The number of piperazine rings is 1. The number of carbonyl (C=O) groups is 4. The van der Waals surface area contributed by atoms with Crippen LogP contribution in [0.15, 0.2) is 47.3 Å². The summed E-state index contributed by atoms with van der Waals surface area (Å²) in [6.45, 7) is 9.57. The summed E-state index contributed by atoms with van der Waals surface area (Å²) < 4.78 is 27.0. The molecule has 1 saturated carbocycles. The number of rotatable bonds is 10. The van der Waals surface area contributed by atoms with Crippen LogP contribution in [0, 0.1) is 11.7 Å². The molecule has 4 fully saturated rings. The average Bonchev–Trinajstić information content (AvgIpc) is 3.70. The first-order valence-corrected chi connectivity index (χ1v) is 21.3. The maximum absolute atomic E-state index is 15.0. The molecule has 3 aromatic rings. The highest BCUT2D eigenvalue weighted by Crippen LogP contribution is 2.29. The molecule has 4 aliphatic rings. The number of aromatic nitrogens is 2. The lowest BCUT2D eigenvalue weighted by atomic mass is 9.83. The van der Waals surface area contributed by atoms with Gasteiger partial charge in [0.1, 0.15) is 17.5 Å². The normalized spacial score (nSPS) is 20.5. The molecule has 15 heteroatoms. The number of likely N-dealkylation sites (tertiary alicyclic amines) is 2. The van der Waals surface area contributed by atoms with Gasteiger partial charge < -0.3 is 29.5 Å². The molecule has 0 radical (unpaired) electrons. The van der Waals surface area contributed by atoms with E-state index in [4.69, 9.17) is 9.47 Å². The quantitative estimate of drug-likeness (QED) is 0.301. The number of aromatic amines is 1. The molecule has 14 nitrogen and oxygen atoms in total. The molecule has 1 aromatic heterocycles. The Kier molecular flexibility index (Phi) is 13.3. The number of benzene rings is 2. The van der Waals surface area contributed by atoms with Crippen LogP contribution in [0.2, 0.25) is 0 Å². The van der Waals surface area contributed by atoms with E-state index in [1.807, 2.05) is 37.8 Å². The van der Waals surface area contributed by atoms with Crippen molar-refractivity contribution < 1.29 is 33.0 Å². The van der Waals surface area contributed by atoms with Gasteiger partial charge in [0.05, 0.1) is 35.4 Å². The largest absolute Gasteiger partial charge is 0.444 e. The highest BCUT2D eigenvalue weighted by Gasteiger charge is 2.39. The van der Waals surface area contributed by atoms with Crippen molar-refractivity contribution in [2.75, 3.05) is 58.9 Å². The van der Waals surface area contributed by atoms with Gasteiger partial charge in [0, 0.05) is 64.2 Å². The van der Waals surface area contributed by atoms with Crippen LogP contribution in [0.3, 0.4) is 0 Å². The number of nitrogens with zero attached hydrogens (tertiary/aromatic N) is 5. The van der Waals surface area contributed by atoms with Gasteiger partial charge in [0.15, 0.2) is 0 Å². The van der Waals surface area contributed by atoms with Gasteiger partial charge in [-0.25, -0.2) is 14.3 Å². The fourth-order valence-corrected chi connectivity index (χ4v) is 8.96. The minimum atomic E-state index is -0.653. The second-order valence-electron chi connectivity index (χ2n) is 17.5. The Morgan fingerprint density at radius 3 is 2.24 bits per heavy atom. The molecule has 0 spiro atoms. The van der Waals surface area contributed by atoms with Gasteiger partial charge in [-0.3, -0.25) is 24.1 Å². The first-order chi connectivity index (χ1) is 28.3. The average molecular weight is 816 g/mol. The summed E-state index contributed by atoms with van der Waals surface area (Å²) in [6, 6.07) is 11.0. The molecule has 2 N–H and O–H groups in total. The lowest BCUT2D eigenvalue weighted by Crippen LogP contribution is -2.53. The Hall–Kier alpha value is -4.89. The Morgan fingerprint density at radius 1 is 0.847 bits per heavy atom. The topological polar surface area (TPSA) is 157 Å². The smallest absolute Gasteiger partial charge is 0.408 e. The number of halogens is 1. The predicted molar refractivity (Wildman–Crippen MR) is 219 cm³/mol. The second kappa shape index (κ2) is 18.6. The molecule has 7 rings (SSSR count). The minimum Gasteiger partial charge on any atom is -0.444 e. The molecule has 3 aliphatic heterocycles. The number of amides is 4. The van der Waals surface area contributed by atoms with Crippen molar-refractivity contribution in [2.24, 2.45) is 5.92 Å². The summed E-state index contributed by atoms with van der Waals surface area (Å²) in [5.41, 5.74) is 0.343. The number of piperidine rings is 1. The van der Waals surface area contributed by atoms with Crippen molar-refractivity contribution in [1.82, 2.24) is 35.1 Å².